The molecule has 8 nitrogen and oxygen atoms in total. The lowest BCUT2D eigenvalue weighted by Gasteiger charge is -2.26. The van der Waals surface area contributed by atoms with Crippen molar-refractivity contribution in [2.75, 3.05) is 43.3 Å². The number of hydrogen-bond acceptors (Lipinski definition) is 5. The molecule has 0 saturated carbocycles. The van der Waals surface area contributed by atoms with E-state index in [1.807, 2.05) is 0 Å². The third-order valence-corrected chi connectivity index (χ3v) is 4.52. The zero-order valence-electron chi connectivity index (χ0n) is 11.6. The average Bonchev–Trinajstić information content (AvgIpc) is 2.50. The minimum Gasteiger partial charge on any atom is -0.453 e. The van der Waals surface area contributed by atoms with Crippen LogP contribution in [0.25, 0.3) is 0 Å². The van der Waals surface area contributed by atoms with Crippen LogP contribution < -0.4 is 15.4 Å². The van der Waals surface area contributed by atoms with Crippen LogP contribution in [0.1, 0.15) is 0 Å². The Morgan fingerprint density at radius 1 is 1.19 bits per heavy atom. The van der Waals surface area contributed by atoms with E-state index >= 15 is 0 Å². The van der Waals surface area contributed by atoms with Gasteiger partial charge in [0.1, 0.15) is 0 Å². The first kappa shape index (κ1) is 15.5. The smallest absolute Gasteiger partial charge is 0.411 e. The van der Waals surface area contributed by atoms with E-state index in [1.165, 1.54) is 11.4 Å². The topological polar surface area (TPSA) is 99.8 Å². The Hall–Kier alpha value is -1.84. The van der Waals surface area contributed by atoms with Gasteiger partial charge in [-0.2, -0.15) is 12.7 Å². The summed E-state index contributed by atoms with van der Waals surface area (Å²) in [6.45, 7) is 2.17. The van der Waals surface area contributed by atoms with Gasteiger partial charge in [0.2, 0.25) is 0 Å². The van der Waals surface area contributed by atoms with E-state index in [0.717, 1.165) is 0 Å². The molecule has 1 aliphatic rings. The maximum atomic E-state index is 12.2. The Morgan fingerprint density at radius 3 is 2.33 bits per heavy atom. The summed E-state index contributed by atoms with van der Waals surface area (Å²) in [5.74, 6) is 0. The van der Waals surface area contributed by atoms with Crippen LogP contribution in [0.3, 0.4) is 0 Å². The molecule has 1 heterocycles. The van der Waals surface area contributed by atoms with Gasteiger partial charge in [-0.15, -0.1) is 0 Å². The molecule has 1 amide bonds. The molecule has 0 aromatic heterocycles. The fraction of sp³-hybridized carbons (Fsp3) is 0.417. The molecule has 1 aromatic carbocycles. The Labute approximate surface area is 123 Å². The van der Waals surface area contributed by atoms with Crippen LogP contribution in [-0.2, 0) is 14.9 Å². The zero-order chi connectivity index (χ0) is 15.3. The van der Waals surface area contributed by atoms with Crippen molar-refractivity contribution in [1.29, 1.82) is 0 Å². The van der Waals surface area contributed by atoms with Gasteiger partial charge in [-0.1, -0.05) is 0 Å². The number of methoxy groups -OCH3 is 1. The van der Waals surface area contributed by atoms with Crippen LogP contribution in [0.5, 0.6) is 0 Å². The number of nitrogens with one attached hydrogen (secondary N) is 3. The quantitative estimate of drug-likeness (QED) is 0.748. The second kappa shape index (κ2) is 6.74. The molecule has 2 rings (SSSR count). The van der Waals surface area contributed by atoms with Crippen molar-refractivity contribution in [3.63, 3.8) is 0 Å². The van der Waals surface area contributed by atoms with E-state index < -0.39 is 16.3 Å². The Kier molecular flexibility index (Phi) is 4.99. The number of amides is 1. The van der Waals surface area contributed by atoms with Gasteiger partial charge in [-0.3, -0.25) is 10.0 Å². The van der Waals surface area contributed by atoms with Gasteiger partial charge in [-0.25, -0.2) is 4.79 Å². The van der Waals surface area contributed by atoms with Gasteiger partial charge in [0.15, 0.2) is 0 Å². The number of rotatable bonds is 4. The lowest BCUT2D eigenvalue weighted by molar-refractivity contribution is 0.187. The fourth-order valence-corrected chi connectivity index (χ4v) is 3.11. The van der Waals surface area contributed by atoms with Gasteiger partial charge in [-0.05, 0) is 24.3 Å². The highest BCUT2D eigenvalue weighted by atomic mass is 32.2. The number of carbonyl (C=O) groups is 1. The highest BCUT2D eigenvalue weighted by Crippen LogP contribution is 2.16. The van der Waals surface area contributed by atoms with Crippen LogP contribution in [0.4, 0.5) is 16.2 Å². The highest BCUT2D eigenvalue weighted by molar-refractivity contribution is 7.90. The Morgan fingerprint density at radius 2 is 1.76 bits per heavy atom. The maximum absolute atomic E-state index is 12.2. The third kappa shape index (κ3) is 4.31. The number of anilines is 2. The van der Waals surface area contributed by atoms with Gasteiger partial charge in [0, 0.05) is 37.6 Å². The van der Waals surface area contributed by atoms with Crippen molar-refractivity contribution in [3.05, 3.63) is 24.3 Å². The van der Waals surface area contributed by atoms with Crippen LogP contribution in [0.2, 0.25) is 0 Å². The highest BCUT2D eigenvalue weighted by Gasteiger charge is 2.23. The molecule has 9 heteroatoms. The molecule has 1 saturated heterocycles. The monoisotopic (exact) mass is 314 g/mol. The first-order valence-electron chi connectivity index (χ1n) is 6.45. The lowest BCUT2D eigenvalue weighted by Crippen LogP contribution is -2.48. The second-order valence-corrected chi connectivity index (χ2v) is 6.12. The van der Waals surface area contributed by atoms with Gasteiger partial charge in [0.05, 0.1) is 7.11 Å². The van der Waals surface area contributed by atoms with Gasteiger partial charge in [0.25, 0.3) is 0 Å². The molecular weight excluding hydrogens is 296 g/mol. The summed E-state index contributed by atoms with van der Waals surface area (Å²) in [6, 6.07) is 6.33. The van der Waals surface area contributed by atoms with Crippen molar-refractivity contribution < 1.29 is 17.9 Å². The Bertz CT molecular complexity index is 582. The molecule has 3 N–H and O–H groups in total. The van der Waals surface area contributed by atoms with Crippen molar-refractivity contribution in [2.24, 2.45) is 0 Å². The molecule has 21 heavy (non-hydrogen) atoms. The van der Waals surface area contributed by atoms with E-state index in [-0.39, 0.29) is 0 Å². The molecule has 0 aliphatic carbocycles. The molecule has 0 unspecified atom stereocenters. The normalized spacial score (nSPS) is 16.2. The van der Waals surface area contributed by atoms with Crippen LogP contribution in [-0.4, -0.2) is 52.1 Å². The van der Waals surface area contributed by atoms with Crippen LogP contribution in [0.15, 0.2) is 24.3 Å². The summed E-state index contributed by atoms with van der Waals surface area (Å²) in [4.78, 5) is 11.0. The van der Waals surface area contributed by atoms with Crippen LogP contribution >= 0.6 is 0 Å². The van der Waals surface area contributed by atoms with Crippen molar-refractivity contribution >= 4 is 27.7 Å². The summed E-state index contributed by atoms with van der Waals surface area (Å²) in [5, 5.41) is 5.58. The van der Waals surface area contributed by atoms with Gasteiger partial charge >= 0.3 is 16.3 Å². The van der Waals surface area contributed by atoms with Crippen molar-refractivity contribution in [2.45, 2.75) is 0 Å². The summed E-state index contributed by atoms with van der Waals surface area (Å²) < 4.78 is 32.7. The SMILES string of the molecule is COC(=O)Nc1ccc(NS(=O)(=O)N2CCNCC2)cc1. The number of nitrogens with zero attached hydrogens (tertiary/aromatic N) is 1. The minimum absolute atomic E-state index is 0.434. The Balaban J connectivity index is 2.00. The number of piperazine rings is 1. The van der Waals surface area contributed by atoms with E-state index in [9.17, 15) is 13.2 Å². The molecule has 116 valence electrons. The second-order valence-electron chi connectivity index (χ2n) is 4.45. The van der Waals surface area contributed by atoms with Gasteiger partial charge < -0.3 is 10.1 Å². The van der Waals surface area contributed by atoms with Crippen LogP contribution in [0, 0.1) is 0 Å². The number of benzene rings is 1. The standard InChI is InChI=1S/C12H18N4O4S/c1-20-12(17)14-10-2-4-11(5-3-10)15-21(18,19)16-8-6-13-7-9-16/h2-5,13,15H,6-9H2,1H3,(H,14,17). The molecule has 0 atom stereocenters. The molecule has 0 spiro atoms. The maximum Gasteiger partial charge on any atom is 0.411 e. The van der Waals surface area contributed by atoms with Crippen molar-refractivity contribution in [1.82, 2.24) is 9.62 Å². The average molecular weight is 314 g/mol. The predicted molar refractivity (Wildman–Crippen MR) is 79.5 cm³/mol. The molecule has 1 aliphatic heterocycles. The lowest BCUT2D eigenvalue weighted by atomic mass is 10.3. The zero-order valence-corrected chi connectivity index (χ0v) is 12.4. The molecule has 1 fully saturated rings. The molecule has 1 aromatic rings. The van der Waals surface area contributed by atoms with Crippen molar-refractivity contribution in [3.8, 4) is 0 Å². The third-order valence-electron chi connectivity index (χ3n) is 2.98. The molecular formula is C12H18N4O4S. The number of ether oxygens (including phenoxy) is 1. The summed E-state index contributed by atoms with van der Waals surface area (Å²) in [7, 11) is -2.28. The molecule has 0 bridgehead atoms. The largest absolute Gasteiger partial charge is 0.453 e. The summed E-state index contributed by atoms with van der Waals surface area (Å²) in [6.07, 6.45) is -0.579. The first-order chi connectivity index (χ1) is 10.0. The van der Waals surface area contributed by atoms with E-state index in [2.05, 4.69) is 20.1 Å². The first-order valence-corrected chi connectivity index (χ1v) is 7.89. The minimum atomic E-state index is -3.55. The van der Waals surface area contributed by atoms with E-state index in [0.29, 0.717) is 37.6 Å². The predicted octanol–water partition coefficient (Wildman–Crippen LogP) is 0.427. The van der Waals surface area contributed by atoms with E-state index in [4.69, 9.17) is 0 Å². The number of carbonyl (C=O) groups excluding carboxylic acids is 1. The summed E-state index contributed by atoms with van der Waals surface area (Å²) >= 11 is 0. The van der Waals surface area contributed by atoms with E-state index in [1.54, 1.807) is 24.3 Å². The number of hydrogen-bond donors (Lipinski definition) is 3. The fourth-order valence-electron chi connectivity index (χ4n) is 1.89. The summed E-state index contributed by atoms with van der Waals surface area (Å²) in [5.41, 5.74) is 0.955. The molecule has 0 radical (unpaired) electrons.